The molecule has 1 amide bonds. The quantitative estimate of drug-likeness (QED) is 0.562. The van der Waals surface area contributed by atoms with E-state index in [1.165, 1.54) is 0 Å². The van der Waals surface area contributed by atoms with E-state index < -0.39 is 0 Å². The molecular weight excluding hydrogens is 270 g/mol. The van der Waals surface area contributed by atoms with Crippen LogP contribution in [0, 0.1) is 6.92 Å². The molecule has 1 aromatic carbocycles. The number of para-hydroxylation sites is 1. The Hall–Kier alpha value is -2.40. The first kappa shape index (κ1) is 12.6. The minimum Gasteiger partial charge on any atom is -0.361 e. The summed E-state index contributed by atoms with van der Waals surface area (Å²) in [5.41, 5.74) is 5.18. The molecule has 0 aliphatic carbocycles. The number of thiophene rings is 1. The molecule has 0 fully saturated rings. The van der Waals surface area contributed by atoms with Crippen LogP contribution in [0.5, 0.6) is 0 Å². The molecule has 0 saturated carbocycles. The molecule has 100 valence electrons. The monoisotopic (exact) mass is 283 g/mol. The van der Waals surface area contributed by atoms with Crippen LogP contribution in [0.4, 0.5) is 0 Å². The van der Waals surface area contributed by atoms with Crippen LogP contribution in [0.2, 0.25) is 0 Å². The average Bonchev–Trinajstić information content (AvgIpc) is 3.06. The van der Waals surface area contributed by atoms with E-state index in [1.54, 1.807) is 17.6 Å². The zero-order valence-electron chi connectivity index (χ0n) is 10.9. The van der Waals surface area contributed by atoms with Gasteiger partial charge in [-0.25, -0.2) is 5.43 Å². The van der Waals surface area contributed by atoms with E-state index in [4.69, 9.17) is 0 Å². The fourth-order valence-corrected chi connectivity index (χ4v) is 2.67. The predicted octanol–water partition coefficient (Wildman–Crippen LogP) is 3.30. The van der Waals surface area contributed by atoms with Gasteiger partial charge in [0.1, 0.15) is 0 Å². The number of hydrazone groups is 1. The molecule has 0 aliphatic heterocycles. The van der Waals surface area contributed by atoms with Crippen molar-refractivity contribution in [1.29, 1.82) is 0 Å². The molecule has 20 heavy (non-hydrogen) atoms. The highest BCUT2D eigenvalue weighted by Crippen LogP contribution is 2.15. The first-order chi connectivity index (χ1) is 9.74. The van der Waals surface area contributed by atoms with Crippen molar-refractivity contribution in [3.8, 4) is 0 Å². The second-order valence-electron chi connectivity index (χ2n) is 4.43. The van der Waals surface area contributed by atoms with Crippen molar-refractivity contribution in [3.05, 3.63) is 57.9 Å². The van der Waals surface area contributed by atoms with Gasteiger partial charge in [-0.1, -0.05) is 18.2 Å². The SMILES string of the molecule is Cc1cc(C(=O)NN=Cc2c[nH]c3ccccc23)cs1. The lowest BCUT2D eigenvalue weighted by atomic mass is 10.2. The van der Waals surface area contributed by atoms with Gasteiger partial charge in [-0.05, 0) is 19.1 Å². The number of carbonyl (C=O) groups is 1. The van der Waals surface area contributed by atoms with Crippen molar-refractivity contribution in [1.82, 2.24) is 10.4 Å². The number of fused-ring (bicyclic) bond motifs is 1. The Balaban J connectivity index is 1.73. The van der Waals surface area contributed by atoms with Gasteiger partial charge in [-0.15, -0.1) is 11.3 Å². The zero-order valence-corrected chi connectivity index (χ0v) is 11.7. The highest BCUT2D eigenvalue weighted by Gasteiger charge is 2.05. The number of nitrogens with one attached hydrogen (secondary N) is 2. The second-order valence-corrected chi connectivity index (χ2v) is 5.55. The summed E-state index contributed by atoms with van der Waals surface area (Å²) >= 11 is 1.55. The number of nitrogens with zero attached hydrogens (tertiary/aromatic N) is 1. The summed E-state index contributed by atoms with van der Waals surface area (Å²) in [6.45, 7) is 1.97. The van der Waals surface area contributed by atoms with Crippen molar-refractivity contribution in [2.24, 2.45) is 5.10 Å². The maximum Gasteiger partial charge on any atom is 0.272 e. The van der Waals surface area contributed by atoms with Crippen LogP contribution in [-0.4, -0.2) is 17.1 Å². The Morgan fingerprint density at radius 1 is 1.40 bits per heavy atom. The lowest BCUT2D eigenvalue weighted by Crippen LogP contribution is -2.16. The van der Waals surface area contributed by atoms with Gasteiger partial charge in [0.25, 0.3) is 5.91 Å². The topological polar surface area (TPSA) is 57.2 Å². The summed E-state index contributed by atoms with van der Waals surface area (Å²) in [6, 6.07) is 9.80. The molecule has 0 saturated heterocycles. The molecule has 5 heteroatoms. The number of carbonyl (C=O) groups excluding carboxylic acids is 1. The van der Waals surface area contributed by atoms with Crippen LogP contribution in [-0.2, 0) is 0 Å². The van der Waals surface area contributed by atoms with Crippen LogP contribution in [0.25, 0.3) is 10.9 Å². The first-order valence-corrected chi connectivity index (χ1v) is 7.06. The zero-order chi connectivity index (χ0) is 13.9. The summed E-state index contributed by atoms with van der Waals surface area (Å²) < 4.78 is 0. The molecule has 2 N–H and O–H groups in total. The summed E-state index contributed by atoms with van der Waals surface area (Å²) in [4.78, 5) is 16.1. The van der Waals surface area contributed by atoms with E-state index in [0.29, 0.717) is 5.56 Å². The maximum absolute atomic E-state index is 11.8. The summed E-state index contributed by atoms with van der Waals surface area (Å²) in [7, 11) is 0. The first-order valence-electron chi connectivity index (χ1n) is 6.19. The van der Waals surface area contributed by atoms with Crippen LogP contribution < -0.4 is 5.43 Å². The number of aromatic nitrogens is 1. The summed E-state index contributed by atoms with van der Waals surface area (Å²) in [5, 5.41) is 6.92. The number of hydrogen-bond donors (Lipinski definition) is 2. The normalized spacial score (nSPS) is 11.2. The number of H-pyrrole nitrogens is 1. The average molecular weight is 283 g/mol. The van der Waals surface area contributed by atoms with E-state index in [2.05, 4.69) is 15.5 Å². The van der Waals surface area contributed by atoms with Gasteiger partial charge in [0.15, 0.2) is 0 Å². The number of hydrogen-bond acceptors (Lipinski definition) is 3. The largest absolute Gasteiger partial charge is 0.361 e. The van der Waals surface area contributed by atoms with Crippen LogP contribution >= 0.6 is 11.3 Å². The van der Waals surface area contributed by atoms with Crippen LogP contribution in [0.15, 0.2) is 47.0 Å². The molecule has 3 aromatic rings. The lowest BCUT2D eigenvalue weighted by Gasteiger charge is -1.95. The highest BCUT2D eigenvalue weighted by molar-refractivity contribution is 7.10. The third kappa shape index (κ3) is 2.48. The van der Waals surface area contributed by atoms with Crippen LogP contribution in [0.1, 0.15) is 20.8 Å². The standard InChI is InChI=1S/C15H13N3OS/c1-10-6-11(9-20-10)15(19)18-17-8-12-7-16-14-5-3-2-4-13(12)14/h2-9,16H,1H3,(H,18,19). The Morgan fingerprint density at radius 3 is 3.05 bits per heavy atom. The van der Waals surface area contributed by atoms with Gasteiger partial charge in [-0.2, -0.15) is 5.10 Å². The maximum atomic E-state index is 11.8. The molecule has 2 aromatic heterocycles. The molecule has 0 spiro atoms. The van der Waals surface area contributed by atoms with E-state index in [1.807, 2.05) is 48.8 Å². The third-order valence-corrected chi connectivity index (χ3v) is 3.85. The second kappa shape index (κ2) is 5.30. The summed E-state index contributed by atoms with van der Waals surface area (Å²) in [5.74, 6) is -0.189. The lowest BCUT2D eigenvalue weighted by molar-refractivity contribution is 0.0955. The number of aryl methyl sites for hydroxylation is 1. The smallest absolute Gasteiger partial charge is 0.272 e. The fourth-order valence-electron chi connectivity index (χ4n) is 1.99. The van der Waals surface area contributed by atoms with Gasteiger partial charge in [0.2, 0.25) is 0 Å². The predicted molar refractivity (Wildman–Crippen MR) is 82.4 cm³/mol. The molecule has 4 nitrogen and oxygen atoms in total. The van der Waals surface area contributed by atoms with E-state index in [-0.39, 0.29) is 5.91 Å². The van der Waals surface area contributed by atoms with Crippen molar-refractivity contribution in [2.75, 3.05) is 0 Å². The number of aromatic amines is 1. The molecule has 0 aliphatic rings. The third-order valence-electron chi connectivity index (χ3n) is 2.98. The number of amides is 1. The molecule has 3 rings (SSSR count). The van der Waals surface area contributed by atoms with Gasteiger partial charge in [0, 0.05) is 32.9 Å². The van der Waals surface area contributed by atoms with Crippen LogP contribution in [0.3, 0.4) is 0 Å². The van der Waals surface area contributed by atoms with Gasteiger partial charge >= 0.3 is 0 Å². The van der Waals surface area contributed by atoms with Crippen molar-refractivity contribution < 1.29 is 4.79 Å². The van der Waals surface area contributed by atoms with E-state index in [0.717, 1.165) is 21.3 Å². The Labute approximate surface area is 120 Å². The fraction of sp³-hybridized carbons (Fsp3) is 0.0667. The van der Waals surface area contributed by atoms with E-state index in [9.17, 15) is 4.79 Å². The van der Waals surface area contributed by atoms with E-state index >= 15 is 0 Å². The van der Waals surface area contributed by atoms with Crippen molar-refractivity contribution in [2.45, 2.75) is 6.92 Å². The Morgan fingerprint density at radius 2 is 2.25 bits per heavy atom. The Bertz CT molecular complexity index is 785. The molecule has 2 heterocycles. The molecule has 0 atom stereocenters. The van der Waals surface area contributed by atoms with Gasteiger partial charge in [0.05, 0.1) is 11.8 Å². The minimum atomic E-state index is -0.189. The molecule has 0 bridgehead atoms. The Kier molecular flexibility index (Phi) is 3.35. The molecule has 0 unspecified atom stereocenters. The highest BCUT2D eigenvalue weighted by atomic mass is 32.1. The molecule has 0 radical (unpaired) electrons. The molecular formula is C15H13N3OS. The number of benzene rings is 1. The van der Waals surface area contributed by atoms with Gasteiger partial charge < -0.3 is 4.98 Å². The van der Waals surface area contributed by atoms with Crippen molar-refractivity contribution in [3.63, 3.8) is 0 Å². The minimum absolute atomic E-state index is 0.189. The van der Waals surface area contributed by atoms with Crippen molar-refractivity contribution >= 4 is 34.4 Å². The number of rotatable bonds is 3. The van der Waals surface area contributed by atoms with Gasteiger partial charge in [-0.3, -0.25) is 4.79 Å². The summed E-state index contributed by atoms with van der Waals surface area (Å²) in [6.07, 6.45) is 3.52.